The van der Waals surface area contributed by atoms with Crippen LogP contribution in [-0.2, 0) is 9.53 Å². The van der Waals surface area contributed by atoms with Gasteiger partial charge in [-0.1, -0.05) is 12.1 Å². The molecule has 3 unspecified atom stereocenters. The van der Waals surface area contributed by atoms with Gasteiger partial charge >= 0.3 is 5.97 Å². The standard InChI is InChI=1S/C16H21NO5/c1-20-14-4-2-3-12(13-7-10(8-17-13)16(18)19)15(14)22-11-5-6-21-9-11/h2-4,10-11,13,17H,5-9H2,1H3,(H,18,19). The van der Waals surface area contributed by atoms with Crippen molar-refractivity contribution in [2.45, 2.75) is 25.0 Å². The van der Waals surface area contributed by atoms with Crippen molar-refractivity contribution in [3.05, 3.63) is 23.8 Å². The average Bonchev–Trinajstić information content (AvgIpc) is 3.18. The Morgan fingerprint density at radius 1 is 1.45 bits per heavy atom. The van der Waals surface area contributed by atoms with E-state index in [4.69, 9.17) is 19.3 Å². The highest BCUT2D eigenvalue weighted by molar-refractivity contribution is 5.71. The molecule has 6 nitrogen and oxygen atoms in total. The maximum atomic E-state index is 11.2. The lowest BCUT2D eigenvalue weighted by Gasteiger charge is -2.21. The molecule has 0 bridgehead atoms. The third-order valence-electron chi connectivity index (χ3n) is 4.26. The first-order chi connectivity index (χ1) is 10.7. The van der Waals surface area contributed by atoms with Gasteiger partial charge in [0.15, 0.2) is 11.5 Å². The van der Waals surface area contributed by atoms with Gasteiger partial charge in [0, 0.05) is 24.6 Å². The number of carbonyl (C=O) groups is 1. The Labute approximate surface area is 129 Å². The number of hydrogen-bond acceptors (Lipinski definition) is 5. The molecule has 0 aromatic heterocycles. The normalized spacial score (nSPS) is 27.8. The lowest BCUT2D eigenvalue weighted by Crippen LogP contribution is -2.20. The van der Waals surface area contributed by atoms with E-state index in [1.807, 2.05) is 18.2 Å². The molecule has 2 N–H and O–H groups in total. The third-order valence-corrected chi connectivity index (χ3v) is 4.26. The third kappa shape index (κ3) is 3.03. The highest BCUT2D eigenvalue weighted by Crippen LogP contribution is 2.40. The van der Waals surface area contributed by atoms with Crippen molar-refractivity contribution in [2.24, 2.45) is 5.92 Å². The van der Waals surface area contributed by atoms with Gasteiger partial charge in [0.25, 0.3) is 0 Å². The molecule has 2 heterocycles. The minimum absolute atomic E-state index is 0.0201. The zero-order valence-electron chi connectivity index (χ0n) is 12.6. The molecule has 0 aliphatic carbocycles. The van der Waals surface area contributed by atoms with E-state index in [2.05, 4.69) is 5.32 Å². The van der Waals surface area contributed by atoms with Crippen LogP contribution in [-0.4, -0.2) is 44.0 Å². The second-order valence-electron chi connectivity index (χ2n) is 5.71. The lowest BCUT2D eigenvalue weighted by molar-refractivity contribution is -0.141. The van der Waals surface area contributed by atoms with Crippen molar-refractivity contribution < 1.29 is 24.1 Å². The Bertz CT molecular complexity index is 541. The van der Waals surface area contributed by atoms with Crippen LogP contribution < -0.4 is 14.8 Å². The lowest BCUT2D eigenvalue weighted by atomic mass is 9.99. The first kappa shape index (κ1) is 15.1. The number of para-hydroxylation sites is 1. The van der Waals surface area contributed by atoms with Crippen LogP contribution in [0.3, 0.4) is 0 Å². The summed E-state index contributed by atoms with van der Waals surface area (Å²) < 4.78 is 16.9. The fourth-order valence-electron chi connectivity index (χ4n) is 3.03. The van der Waals surface area contributed by atoms with E-state index in [1.165, 1.54) is 0 Å². The Hall–Kier alpha value is -1.79. The second kappa shape index (κ2) is 6.54. The van der Waals surface area contributed by atoms with Gasteiger partial charge < -0.3 is 24.6 Å². The maximum absolute atomic E-state index is 11.2. The van der Waals surface area contributed by atoms with E-state index in [0.29, 0.717) is 37.7 Å². The molecule has 3 rings (SSSR count). The molecule has 0 saturated carbocycles. The number of carboxylic acid groups (broad SMARTS) is 1. The Kier molecular flexibility index (Phi) is 4.49. The van der Waals surface area contributed by atoms with Gasteiger partial charge in [0.05, 0.1) is 26.2 Å². The van der Waals surface area contributed by atoms with Crippen LogP contribution in [0.5, 0.6) is 11.5 Å². The average molecular weight is 307 g/mol. The van der Waals surface area contributed by atoms with E-state index in [9.17, 15) is 4.79 Å². The predicted molar refractivity (Wildman–Crippen MR) is 79.3 cm³/mol. The highest BCUT2D eigenvalue weighted by atomic mass is 16.6. The summed E-state index contributed by atoms with van der Waals surface area (Å²) in [6.45, 7) is 1.76. The number of nitrogens with one attached hydrogen (secondary N) is 1. The number of aliphatic carboxylic acids is 1. The molecule has 3 atom stereocenters. The summed E-state index contributed by atoms with van der Waals surface area (Å²) in [6.07, 6.45) is 1.43. The number of carboxylic acids is 1. The number of methoxy groups -OCH3 is 1. The van der Waals surface area contributed by atoms with Gasteiger partial charge in [-0.2, -0.15) is 0 Å². The van der Waals surface area contributed by atoms with Crippen LogP contribution >= 0.6 is 0 Å². The Morgan fingerprint density at radius 3 is 2.95 bits per heavy atom. The van der Waals surface area contributed by atoms with Gasteiger partial charge in [-0.15, -0.1) is 0 Å². The molecular weight excluding hydrogens is 286 g/mol. The molecule has 0 amide bonds. The summed E-state index contributed by atoms with van der Waals surface area (Å²) in [5.74, 6) is 0.248. The number of rotatable bonds is 5. The molecule has 0 spiro atoms. The minimum Gasteiger partial charge on any atom is -0.493 e. The topological polar surface area (TPSA) is 77.0 Å². The summed E-state index contributed by atoms with van der Waals surface area (Å²) in [5.41, 5.74) is 0.954. The molecule has 1 aromatic rings. The van der Waals surface area contributed by atoms with Crippen LogP contribution in [0.2, 0.25) is 0 Å². The molecule has 6 heteroatoms. The summed E-state index contributed by atoms with van der Waals surface area (Å²) in [6, 6.07) is 5.70. The molecule has 0 radical (unpaired) electrons. The van der Waals surface area contributed by atoms with E-state index in [1.54, 1.807) is 7.11 Å². The maximum Gasteiger partial charge on any atom is 0.307 e. The molecule has 120 valence electrons. The largest absolute Gasteiger partial charge is 0.493 e. The summed E-state index contributed by atoms with van der Waals surface area (Å²) >= 11 is 0. The molecule has 2 fully saturated rings. The molecule has 1 aromatic carbocycles. The molecule has 2 saturated heterocycles. The van der Waals surface area contributed by atoms with E-state index in [-0.39, 0.29) is 18.1 Å². The van der Waals surface area contributed by atoms with Crippen molar-refractivity contribution >= 4 is 5.97 Å². The van der Waals surface area contributed by atoms with Crippen LogP contribution in [0, 0.1) is 5.92 Å². The molecule has 22 heavy (non-hydrogen) atoms. The van der Waals surface area contributed by atoms with E-state index in [0.717, 1.165) is 12.0 Å². The fraction of sp³-hybridized carbons (Fsp3) is 0.562. The monoisotopic (exact) mass is 307 g/mol. The molecule has 2 aliphatic heterocycles. The van der Waals surface area contributed by atoms with Crippen LogP contribution in [0.25, 0.3) is 0 Å². The molecular formula is C16H21NO5. The van der Waals surface area contributed by atoms with Crippen molar-refractivity contribution in [1.29, 1.82) is 0 Å². The zero-order chi connectivity index (χ0) is 15.5. The van der Waals surface area contributed by atoms with Gasteiger partial charge in [-0.25, -0.2) is 0 Å². The predicted octanol–water partition coefficient (Wildman–Crippen LogP) is 1.60. The van der Waals surface area contributed by atoms with Crippen molar-refractivity contribution in [1.82, 2.24) is 5.32 Å². The summed E-state index contributed by atoms with van der Waals surface area (Å²) in [7, 11) is 1.61. The smallest absolute Gasteiger partial charge is 0.307 e. The Balaban J connectivity index is 1.85. The van der Waals surface area contributed by atoms with Crippen LogP contribution in [0.4, 0.5) is 0 Å². The van der Waals surface area contributed by atoms with E-state index < -0.39 is 5.97 Å². The van der Waals surface area contributed by atoms with E-state index >= 15 is 0 Å². The number of hydrogen-bond donors (Lipinski definition) is 2. The first-order valence-corrected chi connectivity index (χ1v) is 7.56. The van der Waals surface area contributed by atoms with Crippen molar-refractivity contribution in [3.63, 3.8) is 0 Å². The highest BCUT2D eigenvalue weighted by Gasteiger charge is 2.33. The van der Waals surface area contributed by atoms with Crippen LogP contribution in [0.15, 0.2) is 18.2 Å². The van der Waals surface area contributed by atoms with Crippen molar-refractivity contribution in [3.8, 4) is 11.5 Å². The van der Waals surface area contributed by atoms with Gasteiger partial charge in [-0.3, -0.25) is 4.79 Å². The summed E-state index contributed by atoms with van der Waals surface area (Å²) in [5, 5.41) is 12.4. The minimum atomic E-state index is -0.760. The SMILES string of the molecule is COc1cccc(C2CC(C(=O)O)CN2)c1OC1CCOC1. The van der Waals surface area contributed by atoms with Gasteiger partial charge in [-0.05, 0) is 12.5 Å². The quantitative estimate of drug-likeness (QED) is 0.860. The zero-order valence-corrected chi connectivity index (χ0v) is 12.6. The second-order valence-corrected chi connectivity index (χ2v) is 5.71. The summed E-state index contributed by atoms with van der Waals surface area (Å²) in [4.78, 5) is 11.2. The van der Waals surface area contributed by atoms with Gasteiger partial charge in [0.1, 0.15) is 6.10 Å². The number of ether oxygens (including phenoxy) is 3. The fourth-order valence-corrected chi connectivity index (χ4v) is 3.03. The molecule has 2 aliphatic rings. The van der Waals surface area contributed by atoms with Crippen LogP contribution in [0.1, 0.15) is 24.4 Å². The number of benzene rings is 1. The van der Waals surface area contributed by atoms with Crippen molar-refractivity contribution in [2.75, 3.05) is 26.9 Å². The van der Waals surface area contributed by atoms with Gasteiger partial charge in [0.2, 0.25) is 0 Å². The first-order valence-electron chi connectivity index (χ1n) is 7.56. The Morgan fingerprint density at radius 2 is 2.32 bits per heavy atom.